The van der Waals surface area contributed by atoms with Crippen molar-refractivity contribution in [1.29, 1.82) is 0 Å². The molecule has 0 saturated carbocycles. The Morgan fingerprint density at radius 2 is 1.92 bits per heavy atom. The Bertz CT molecular complexity index is 1120. The number of hydrogen-bond acceptors (Lipinski definition) is 5. The predicted octanol–water partition coefficient (Wildman–Crippen LogP) is 2.92. The van der Waals surface area contributed by atoms with Crippen molar-refractivity contribution < 1.29 is 17.6 Å². The standard InChI is InChI=1S/C18H15NO5S/c20-17-9-6-13-11-14(7-8-15(13)24-17)19-25(21,22)16-5-1-3-12-4-2-10-23-18(12)16/h1,3,5-9,11,19H,2,4,10H2. The summed E-state index contributed by atoms with van der Waals surface area (Å²) in [6.45, 7) is 0.508. The van der Waals surface area contributed by atoms with Gasteiger partial charge in [-0.2, -0.15) is 0 Å². The number of para-hydroxylation sites is 1. The molecule has 0 aliphatic carbocycles. The van der Waals surface area contributed by atoms with E-state index in [2.05, 4.69) is 4.72 Å². The molecule has 0 unspecified atom stereocenters. The lowest BCUT2D eigenvalue weighted by Crippen LogP contribution is -2.17. The first-order chi connectivity index (χ1) is 12.0. The summed E-state index contributed by atoms with van der Waals surface area (Å²) in [6, 6.07) is 12.8. The molecule has 0 spiro atoms. The van der Waals surface area contributed by atoms with Crippen LogP contribution in [0.5, 0.6) is 5.75 Å². The second-order valence-electron chi connectivity index (χ2n) is 5.81. The van der Waals surface area contributed by atoms with Crippen molar-refractivity contribution in [1.82, 2.24) is 0 Å². The molecular weight excluding hydrogens is 342 g/mol. The summed E-state index contributed by atoms with van der Waals surface area (Å²) >= 11 is 0. The van der Waals surface area contributed by atoms with Crippen LogP contribution in [-0.4, -0.2) is 15.0 Å². The van der Waals surface area contributed by atoms with Crippen molar-refractivity contribution in [2.75, 3.05) is 11.3 Å². The average Bonchev–Trinajstić information content (AvgIpc) is 2.61. The fourth-order valence-electron chi connectivity index (χ4n) is 2.92. The van der Waals surface area contributed by atoms with Crippen molar-refractivity contribution in [2.45, 2.75) is 17.7 Å². The number of sulfonamides is 1. The molecule has 6 nitrogen and oxygen atoms in total. The zero-order valence-electron chi connectivity index (χ0n) is 13.2. The Kier molecular flexibility index (Phi) is 3.73. The third-order valence-electron chi connectivity index (χ3n) is 4.06. The van der Waals surface area contributed by atoms with Crippen molar-refractivity contribution in [3.63, 3.8) is 0 Å². The number of nitrogens with one attached hydrogen (secondary N) is 1. The lowest BCUT2D eigenvalue weighted by molar-refractivity contribution is 0.280. The van der Waals surface area contributed by atoms with E-state index in [4.69, 9.17) is 9.15 Å². The van der Waals surface area contributed by atoms with E-state index in [1.807, 2.05) is 6.07 Å². The average molecular weight is 357 g/mol. The smallest absolute Gasteiger partial charge is 0.336 e. The van der Waals surface area contributed by atoms with Gasteiger partial charge in [-0.25, -0.2) is 13.2 Å². The summed E-state index contributed by atoms with van der Waals surface area (Å²) in [6.07, 6.45) is 1.67. The molecule has 2 aromatic carbocycles. The fourth-order valence-corrected chi connectivity index (χ4v) is 4.15. The third-order valence-corrected chi connectivity index (χ3v) is 5.46. The van der Waals surface area contributed by atoms with Crippen LogP contribution in [0.2, 0.25) is 0 Å². The van der Waals surface area contributed by atoms with Crippen LogP contribution in [0.4, 0.5) is 5.69 Å². The highest BCUT2D eigenvalue weighted by molar-refractivity contribution is 7.92. The maximum Gasteiger partial charge on any atom is 0.336 e. The number of anilines is 1. The molecule has 128 valence electrons. The highest BCUT2D eigenvalue weighted by Crippen LogP contribution is 2.33. The van der Waals surface area contributed by atoms with Crippen LogP contribution in [0.15, 0.2) is 62.6 Å². The minimum absolute atomic E-state index is 0.129. The topological polar surface area (TPSA) is 85.6 Å². The molecule has 3 aromatic rings. The highest BCUT2D eigenvalue weighted by atomic mass is 32.2. The van der Waals surface area contributed by atoms with Crippen LogP contribution in [0.25, 0.3) is 11.0 Å². The molecule has 1 aliphatic heterocycles. The molecule has 1 N–H and O–H groups in total. The van der Waals surface area contributed by atoms with Gasteiger partial charge in [-0.3, -0.25) is 4.72 Å². The third kappa shape index (κ3) is 2.98. The zero-order valence-corrected chi connectivity index (χ0v) is 14.0. The van der Waals surface area contributed by atoms with Gasteiger partial charge in [-0.1, -0.05) is 12.1 Å². The van der Waals surface area contributed by atoms with Gasteiger partial charge in [0.15, 0.2) is 0 Å². The van der Waals surface area contributed by atoms with Crippen molar-refractivity contribution in [3.8, 4) is 5.75 Å². The van der Waals surface area contributed by atoms with E-state index in [1.54, 1.807) is 30.3 Å². The van der Waals surface area contributed by atoms with Crippen molar-refractivity contribution >= 4 is 26.7 Å². The predicted molar refractivity (Wildman–Crippen MR) is 93.6 cm³/mol. The summed E-state index contributed by atoms with van der Waals surface area (Å²) < 4.78 is 38.8. The second kappa shape index (κ2) is 5.93. The van der Waals surface area contributed by atoms with Crippen LogP contribution in [0.1, 0.15) is 12.0 Å². The van der Waals surface area contributed by atoms with Crippen LogP contribution in [0, 0.1) is 0 Å². The first kappa shape index (κ1) is 15.7. The molecule has 0 atom stereocenters. The van der Waals surface area contributed by atoms with E-state index in [0.717, 1.165) is 18.4 Å². The highest BCUT2D eigenvalue weighted by Gasteiger charge is 2.24. The van der Waals surface area contributed by atoms with Gasteiger partial charge >= 0.3 is 5.63 Å². The Morgan fingerprint density at radius 1 is 1.04 bits per heavy atom. The summed E-state index contributed by atoms with van der Waals surface area (Å²) in [5, 5.41) is 0.631. The minimum atomic E-state index is -3.80. The van der Waals surface area contributed by atoms with Crippen LogP contribution in [0.3, 0.4) is 0 Å². The van der Waals surface area contributed by atoms with E-state index in [1.165, 1.54) is 12.1 Å². The summed E-state index contributed by atoms with van der Waals surface area (Å²) in [7, 11) is -3.80. The number of hydrogen-bond donors (Lipinski definition) is 1. The Hall–Kier alpha value is -2.80. The monoisotopic (exact) mass is 357 g/mol. The maximum atomic E-state index is 12.8. The zero-order chi connectivity index (χ0) is 17.4. The number of fused-ring (bicyclic) bond motifs is 2. The van der Waals surface area contributed by atoms with Gasteiger partial charge in [0.05, 0.1) is 6.61 Å². The van der Waals surface area contributed by atoms with Gasteiger partial charge in [0.25, 0.3) is 10.0 Å². The SMILES string of the molecule is O=c1ccc2cc(NS(=O)(=O)c3cccc4c3OCCC4)ccc2o1. The second-order valence-corrected chi connectivity index (χ2v) is 7.46. The van der Waals surface area contributed by atoms with Crippen LogP contribution < -0.4 is 15.1 Å². The van der Waals surface area contributed by atoms with E-state index in [9.17, 15) is 13.2 Å². The maximum absolute atomic E-state index is 12.8. The molecule has 0 bridgehead atoms. The number of benzene rings is 2. The fraction of sp³-hybridized carbons (Fsp3) is 0.167. The number of rotatable bonds is 3. The van der Waals surface area contributed by atoms with E-state index < -0.39 is 15.6 Å². The van der Waals surface area contributed by atoms with Gasteiger partial charge in [-0.05, 0) is 48.7 Å². The molecule has 0 saturated heterocycles. The van der Waals surface area contributed by atoms with Gasteiger partial charge in [0.2, 0.25) is 0 Å². The van der Waals surface area contributed by atoms with Gasteiger partial charge in [0, 0.05) is 17.1 Å². The Labute approximate surface area is 144 Å². The normalized spacial score (nSPS) is 13.9. The lowest BCUT2D eigenvalue weighted by atomic mass is 10.1. The van der Waals surface area contributed by atoms with E-state index >= 15 is 0 Å². The largest absolute Gasteiger partial charge is 0.492 e. The molecule has 7 heteroatoms. The first-order valence-corrected chi connectivity index (χ1v) is 9.33. The summed E-state index contributed by atoms with van der Waals surface area (Å²) in [5.41, 5.74) is 1.23. The van der Waals surface area contributed by atoms with Crippen molar-refractivity contribution in [3.05, 3.63) is 64.5 Å². The van der Waals surface area contributed by atoms with Crippen LogP contribution >= 0.6 is 0 Å². The molecule has 0 fully saturated rings. The van der Waals surface area contributed by atoms with Gasteiger partial charge in [0.1, 0.15) is 16.2 Å². The van der Waals surface area contributed by atoms with Crippen LogP contribution in [-0.2, 0) is 16.4 Å². The number of aryl methyl sites for hydroxylation is 1. The lowest BCUT2D eigenvalue weighted by Gasteiger charge is -2.20. The van der Waals surface area contributed by atoms with E-state index in [0.29, 0.717) is 29.0 Å². The molecule has 0 amide bonds. The molecule has 1 aliphatic rings. The van der Waals surface area contributed by atoms with Gasteiger partial charge < -0.3 is 9.15 Å². The molecule has 25 heavy (non-hydrogen) atoms. The Morgan fingerprint density at radius 3 is 2.80 bits per heavy atom. The number of ether oxygens (including phenoxy) is 1. The first-order valence-electron chi connectivity index (χ1n) is 7.84. The quantitative estimate of drug-likeness (QED) is 0.729. The molecule has 0 radical (unpaired) electrons. The molecule has 2 heterocycles. The summed E-state index contributed by atoms with van der Waals surface area (Å²) in [5.74, 6) is 0.424. The Balaban J connectivity index is 1.72. The molecule has 4 rings (SSSR count). The minimum Gasteiger partial charge on any atom is -0.492 e. The summed E-state index contributed by atoms with van der Waals surface area (Å²) in [4.78, 5) is 11.4. The van der Waals surface area contributed by atoms with Crippen molar-refractivity contribution in [2.24, 2.45) is 0 Å². The molecule has 1 aromatic heterocycles. The molecular formula is C18H15NO5S. The van der Waals surface area contributed by atoms with E-state index in [-0.39, 0.29) is 4.90 Å². The van der Waals surface area contributed by atoms with Gasteiger partial charge in [-0.15, -0.1) is 0 Å².